The van der Waals surface area contributed by atoms with Crippen molar-refractivity contribution < 1.29 is 23.1 Å². The molecule has 8 heterocycles. The number of pyridine rings is 4. The van der Waals surface area contributed by atoms with Crippen molar-refractivity contribution in [1.29, 1.82) is 0 Å². The predicted octanol–water partition coefficient (Wildman–Crippen LogP) is 3.10. The number of nitrogens with zero attached hydrogens (tertiary/aromatic N) is 15. The zero-order valence-electron chi connectivity index (χ0n) is 40.4. The van der Waals surface area contributed by atoms with Crippen LogP contribution in [0.25, 0.3) is 22.8 Å². The highest BCUT2D eigenvalue weighted by Gasteiger charge is 2.25. The van der Waals surface area contributed by atoms with E-state index in [0.717, 1.165) is 43.4 Å². The summed E-state index contributed by atoms with van der Waals surface area (Å²) < 4.78 is 32.9. The van der Waals surface area contributed by atoms with Crippen LogP contribution in [0.3, 0.4) is 0 Å². The van der Waals surface area contributed by atoms with Gasteiger partial charge in [-0.2, -0.15) is 19.9 Å². The molecule has 2 fully saturated rings. The van der Waals surface area contributed by atoms with Crippen LogP contribution < -0.4 is 32.4 Å². The topological polar surface area (TPSA) is 288 Å². The number of anilines is 6. The zero-order chi connectivity index (χ0) is 50.9. The van der Waals surface area contributed by atoms with Gasteiger partial charge in [0.15, 0.2) is 23.3 Å². The Morgan fingerprint density at radius 3 is 1.51 bits per heavy atom. The molecule has 374 valence electrons. The number of piperazine rings is 2. The molecular formula is C45H56F2N20O4. The molecule has 0 saturated carbocycles. The Hall–Kier alpha value is -8.26. The summed E-state index contributed by atoms with van der Waals surface area (Å²) in [4.78, 5) is 87.9. The molecule has 2 saturated heterocycles. The highest BCUT2D eigenvalue weighted by Crippen LogP contribution is 2.31. The summed E-state index contributed by atoms with van der Waals surface area (Å²) in [5.74, 6) is 0.897. The Morgan fingerprint density at radius 1 is 0.648 bits per heavy atom. The van der Waals surface area contributed by atoms with E-state index >= 15 is 0 Å². The van der Waals surface area contributed by atoms with Gasteiger partial charge < -0.3 is 51.4 Å². The molecule has 0 unspecified atom stereocenters. The minimum absolute atomic E-state index is 0.00511. The molecule has 4 amide bonds. The molecule has 0 aliphatic carbocycles. The van der Waals surface area contributed by atoms with Crippen LogP contribution in [0.5, 0.6) is 5.88 Å². The van der Waals surface area contributed by atoms with Crippen molar-refractivity contribution in [1.82, 2.24) is 79.2 Å². The highest BCUT2D eigenvalue weighted by molar-refractivity contribution is 5.77. The molecule has 7 N–H and O–H groups in total. The van der Waals surface area contributed by atoms with Crippen LogP contribution in [0.15, 0.2) is 53.8 Å². The number of H-pyrrole nitrogens is 1. The minimum Gasteiger partial charge on any atom is -0.479 e. The van der Waals surface area contributed by atoms with Crippen LogP contribution in [0, 0.1) is 25.5 Å². The maximum atomic E-state index is 14.2. The van der Waals surface area contributed by atoms with E-state index < -0.39 is 17.2 Å². The second-order valence-corrected chi connectivity index (χ2v) is 17.0. The molecule has 0 spiro atoms. The number of rotatable bonds is 11. The third-order valence-electron chi connectivity index (χ3n) is 11.1. The number of urea groups is 2. The second-order valence-electron chi connectivity index (χ2n) is 17.0. The molecule has 0 atom stereocenters. The summed E-state index contributed by atoms with van der Waals surface area (Å²) in [6.45, 7) is 10.2. The number of carbonyl (C=O) groups excluding carboxylic acids is 2. The summed E-state index contributed by atoms with van der Waals surface area (Å²) in [5.41, 5.74) is 14.6. The van der Waals surface area contributed by atoms with Crippen molar-refractivity contribution in [3.05, 3.63) is 93.8 Å². The molecule has 0 radical (unpaired) electrons. The van der Waals surface area contributed by atoms with Crippen LogP contribution in [-0.4, -0.2) is 179 Å². The number of hydrogen-bond acceptors (Lipinski definition) is 19. The number of ether oxygens (including phenoxy) is 1. The molecular weight excluding hydrogens is 923 g/mol. The van der Waals surface area contributed by atoms with Crippen molar-refractivity contribution in [2.24, 2.45) is 0 Å². The normalized spacial score (nSPS) is 14.0. The van der Waals surface area contributed by atoms with Crippen molar-refractivity contribution in [3.8, 4) is 28.7 Å². The third-order valence-corrected chi connectivity index (χ3v) is 11.1. The number of aromatic amines is 1. The number of amides is 4. The Morgan fingerprint density at radius 2 is 1.10 bits per heavy atom. The number of carbonyl (C=O) groups is 2. The molecule has 8 rings (SSSR count). The quantitative estimate of drug-likeness (QED) is 0.125. The number of hydrogen-bond donors (Lipinski definition) is 5. The lowest BCUT2D eigenvalue weighted by Gasteiger charge is -2.36. The Labute approximate surface area is 407 Å². The van der Waals surface area contributed by atoms with Gasteiger partial charge in [-0.05, 0) is 37.1 Å². The summed E-state index contributed by atoms with van der Waals surface area (Å²) in [6.07, 6.45) is 6.26. The van der Waals surface area contributed by atoms with Crippen LogP contribution in [-0.2, 0) is 13.1 Å². The van der Waals surface area contributed by atoms with E-state index in [9.17, 15) is 23.2 Å². The first-order valence-corrected chi connectivity index (χ1v) is 22.4. The average Bonchev–Trinajstić information content (AvgIpc) is 3.33. The molecule has 2 aliphatic rings. The predicted molar refractivity (Wildman–Crippen MR) is 261 cm³/mol. The van der Waals surface area contributed by atoms with Crippen LogP contribution in [0.1, 0.15) is 22.8 Å². The van der Waals surface area contributed by atoms with Gasteiger partial charge in [-0.3, -0.25) is 14.6 Å². The van der Waals surface area contributed by atoms with Gasteiger partial charge in [0.1, 0.15) is 23.3 Å². The standard InChI is InChI=1S/C23H29FN10O2.C22H27FN10O2/c1-14-28-20(31-22(25)29-14)17-9-15(13-33-5-7-34(8-6-33)23(35)32(2)3)11-26-19(17)30-16-10-18(24)21(36-4)27-12-16;1-13-27-19(30-21(24)28-13)16-8-14(12-32-4-6-33(7-5-32)22(35)31(2)3)10-25-18(16)29-15-9-17(23)20(34)26-11-15/h9-12H,5-8,13H2,1-4H3,(H,26,30)(H2,25,28,29,31);8-11H,4-7,12H2,1-3H3,(H,25,29)(H,26,34)(H2,24,27,28,30). The van der Waals surface area contributed by atoms with Crippen molar-refractivity contribution in [3.63, 3.8) is 0 Å². The molecule has 24 nitrogen and oxygen atoms in total. The Balaban J connectivity index is 0.000000209. The molecule has 26 heteroatoms. The van der Waals surface area contributed by atoms with E-state index in [1.165, 1.54) is 25.6 Å². The molecule has 6 aromatic heterocycles. The smallest absolute Gasteiger partial charge is 0.319 e. The van der Waals surface area contributed by atoms with Crippen molar-refractivity contribution in [2.75, 3.05) is 110 Å². The molecule has 2 aliphatic heterocycles. The molecule has 0 aromatic carbocycles. The number of aryl methyl sites for hydroxylation is 2. The highest BCUT2D eigenvalue weighted by atomic mass is 19.1. The van der Waals surface area contributed by atoms with E-state index in [1.54, 1.807) is 64.2 Å². The maximum Gasteiger partial charge on any atom is 0.319 e. The first-order chi connectivity index (χ1) is 33.9. The fraction of sp³-hybridized carbons (Fsp3) is 0.378. The largest absolute Gasteiger partial charge is 0.479 e. The van der Waals surface area contributed by atoms with Gasteiger partial charge in [0.2, 0.25) is 17.8 Å². The average molecular weight is 979 g/mol. The fourth-order valence-electron chi connectivity index (χ4n) is 7.70. The Bertz CT molecular complexity index is 2890. The lowest BCUT2D eigenvalue weighted by molar-refractivity contribution is 0.119. The van der Waals surface area contributed by atoms with Gasteiger partial charge in [-0.15, -0.1) is 0 Å². The first-order valence-electron chi connectivity index (χ1n) is 22.4. The molecule has 71 heavy (non-hydrogen) atoms. The summed E-state index contributed by atoms with van der Waals surface area (Å²) in [7, 11) is 8.35. The van der Waals surface area contributed by atoms with Crippen LogP contribution >= 0.6 is 0 Å². The Kier molecular flexibility index (Phi) is 16.0. The van der Waals surface area contributed by atoms with Gasteiger partial charge in [0.05, 0.1) is 35.8 Å². The number of nitrogens with two attached hydrogens (primary N) is 2. The SMILES string of the molecule is COc1ncc(Nc2ncc(CN3CCN(C(=O)N(C)C)CC3)cc2-c2nc(C)nc(N)n2)cc1F.Cc1nc(N)nc(-c2cc(CN3CCN(C(=O)N(C)C)CC3)cnc2Nc2c[nH]c(=O)c(F)c2)n1. The number of methoxy groups -OCH3 is 1. The lowest BCUT2D eigenvalue weighted by atomic mass is 10.1. The van der Waals surface area contributed by atoms with E-state index in [4.69, 9.17) is 16.2 Å². The van der Waals surface area contributed by atoms with Gasteiger partial charge >= 0.3 is 12.1 Å². The second kappa shape index (κ2) is 22.4. The van der Waals surface area contributed by atoms with Gasteiger partial charge in [0.25, 0.3) is 5.56 Å². The van der Waals surface area contributed by atoms with E-state index in [2.05, 4.69) is 70.3 Å². The minimum atomic E-state index is -0.916. The third kappa shape index (κ3) is 13.1. The monoisotopic (exact) mass is 978 g/mol. The summed E-state index contributed by atoms with van der Waals surface area (Å²) in [5, 5.41) is 6.10. The number of nitrogens with one attached hydrogen (secondary N) is 3. The number of nitrogen functional groups attached to an aromatic ring is 2. The van der Waals surface area contributed by atoms with Gasteiger partial charge in [-0.25, -0.2) is 43.3 Å². The molecule has 0 bridgehead atoms. The van der Waals surface area contributed by atoms with Gasteiger partial charge in [0, 0.05) is 124 Å². The van der Waals surface area contributed by atoms with Crippen molar-refractivity contribution >= 4 is 47.0 Å². The fourth-order valence-corrected chi connectivity index (χ4v) is 7.70. The van der Waals surface area contributed by atoms with Crippen LogP contribution in [0.4, 0.5) is 53.3 Å². The van der Waals surface area contributed by atoms with E-state index in [0.29, 0.717) is 96.7 Å². The maximum absolute atomic E-state index is 14.2. The zero-order valence-corrected chi connectivity index (χ0v) is 40.4. The molecule has 6 aromatic rings. The number of aromatic nitrogens is 10. The summed E-state index contributed by atoms with van der Waals surface area (Å²) in [6, 6.07) is 6.19. The lowest BCUT2D eigenvalue weighted by Crippen LogP contribution is -2.51. The van der Waals surface area contributed by atoms with E-state index in [-0.39, 0.29) is 29.8 Å². The van der Waals surface area contributed by atoms with Crippen molar-refractivity contribution in [2.45, 2.75) is 26.9 Å². The first kappa shape index (κ1) is 50.6. The van der Waals surface area contributed by atoms with Crippen LogP contribution in [0.2, 0.25) is 0 Å². The van der Waals surface area contributed by atoms with Gasteiger partial charge in [-0.1, -0.05) is 0 Å². The number of halogens is 2. The van der Waals surface area contributed by atoms with E-state index in [1.807, 2.05) is 21.9 Å². The summed E-state index contributed by atoms with van der Waals surface area (Å²) >= 11 is 0.